The molecule has 0 amide bonds. The molecule has 11 heavy (non-hydrogen) atoms. The molecule has 0 saturated carbocycles. The van der Waals surface area contributed by atoms with Gasteiger partial charge in [-0.3, -0.25) is 0 Å². The van der Waals surface area contributed by atoms with Gasteiger partial charge in [-0.25, -0.2) is 0 Å². The summed E-state index contributed by atoms with van der Waals surface area (Å²) in [4.78, 5) is 0. The molecular formula is C10H11Br. The summed E-state index contributed by atoms with van der Waals surface area (Å²) in [5.41, 5.74) is 3.08. The van der Waals surface area contributed by atoms with Gasteiger partial charge in [0.15, 0.2) is 0 Å². The maximum absolute atomic E-state index is 3.49. The third-order valence-corrected chi connectivity index (χ3v) is 2.98. The Kier molecular flexibility index (Phi) is 1.76. The van der Waals surface area contributed by atoms with Crippen molar-refractivity contribution in [3.63, 3.8) is 0 Å². The standard InChI is InChI=1S/C10H11Br/c1-7-2-3-8-4-5-9(11)6-10(7)8/h4-7H,2-3H2,1H3/t7-/m1/s1. The Morgan fingerprint density at radius 1 is 1.45 bits per heavy atom. The van der Waals surface area contributed by atoms with Gasteiger partial charge in [0.05, 0.1) is 0 Å². The zero-order valence-electron chi connectivity index (χ0n) is 6.60. The number of rotatable bonds is 0. The lowest BCUT2D eigenvalue weighted by Gasteiger charge is -2.03. The molecule has 0 fully saturated rings. The lowest BCUT2D eigenvalue weighted by atomic mass is 10.0. The summed E-state index contributed by atoms with van der Waals surface area (Å²) in [6.45, 7) is 2.30. The number of hydrogen-bond donors (Lipinski definition) is 0. The molecule has 1 atom stereocenters. The van der Waals surface area contributed by atoms with Gasteiger partial charge in [0.2, 0.25) is 0 Å². The average Bonchev–Trinajstić information content (AvgIpc) is 2.33. The maximum Gasteiger partial charge on any atom is 0.0178 e. The first-order chi connectivity index (χ1) is 5.27. The third-order valence-electron chi connectivity index (χ3n) is 2.49. The minimum atomic E-state index is 0.766. The minimum Gasteiger partial charge on any atom is -0.0584 e. The second-order valence-corrected chi connectivity index (χ2v) is 4.20. The quantitative estimate of drug-likeness (QED) is 0.616. The molecule has 0 bridgehead atoms. The van der Waals surface area contributed by atoms with Crippen LogP contribution in [0.1, 0.15) is 30.4 Å². The predicted octanol–water partition coefficient (Wildman–Crippen LogP) is 3.50. The SMILES string of the molecule is C[C@@H]1CCc2ccc(Br)cc21. The fourth-order valence-corrected chi connectivity index (χ4v) is 2.16. The maximum atomic E-state index is 3.49. The van der Waals surface area contributed by atoms with Crippen LogP contribution in [0.25, 0.3) is 0 Å². The molecule has 0 heterocycles. The van der Waals surface area contributed by atoms with Crippen LogP contribution in [0.4, 0.5) is 0 Å². The summed E-state index contributed by atoms with van der Waals surface area (Å²) < 4.78 is 1.21. The van der Waals surface area contributed by atoms with Crippen LogP contribution in [0.15, 0.2) is 22.7 Å². The van der Waals surface area contributed by atoms with Crippen LogP contribution >= 0.6 is 15.9 Å². The molecular weight excluding hydrogens is 200 g/mol. The van der Waals surface area contributed by atoms with Crippen molar-refractivity contribution in [2.24, 2.45) is 0 Å². The molecule has 0 N–H and O–H groups in total. The summed E-state index contributed by atoms with van der Waals surface area (Å²) in [5, 5.41) is 0. The molecule has 0 spiro atoms. The van der Waals surface area contributed by atoms with Crippen molar-refractivity contribution >= 4 is 15.9 Å². The second kappa shape index (κ2) is 2.63. The van der Waals surface area contributed by atoms with Gasteiger partial charge >= 0.3 is 0 Å². The number of halogens is 1. The fourth-order valence-electron chi connectivity index (χ4n) is 1.78. The van der Waals surface area contributed by atoms with E-state index >= 15 is 0 Å². The highest BCUT2D eigenvalue weighted by Crippen LogP contribution is 2.33. The first kappa shape index (κ1) is 7.35. The Balaban J connectivity index is 2.52. The van der Waals surface area contributed by atoms with E-state index in [-0.39, 0.29) is 0 Å². The highest BCUT2D eigenvalue weighted by Gasteiger charge is 2.17. The summed E-state index contributed by atoms with van der Waals surface area (Å²) >= 11 is 3.49. The fraction of sp³-hybridized carbons (Fsp3) is 0.400. The topological polar surface area (TPSA) is 0 Å². The van der Waals surface area contributed by atoms with Crippen molar-refractivity contribution in [2.45, 2.75) is 25.7 Å². The summed E-state index contributed by atoms with van der Waals surface area (Å²) in [7, 11) is 0. The van der Waals surface area contributed by atoms with E-state index in [1.165, 1.54) is 17.3 Å². The van der Waals surface area contributed by atoms with E-state index in [9.17, 15) is 0 Å². The highest BCUT2D eigenvalue weighted by atomic mass is 79.9. The van der Waals surface area contributed by atoms with E-state index in [1.54, 1.807) is 11.1 Å². The molecule has 0 saturated heterocycles. The Hall–Kier alpha value is -0.300. The largest absolute Gasteiger partial charge is 0.0584 e. The molecule has 1 aromatic rings. The lowest BCUT2D eigenvalue weighted by Crippen LogP contribution is -1.85. The molecule has 1 aliphatic carbocycles. The Labute approximate surface area is 75.8 Å². The summed E-state index contributed by atoms with van der Waals surface area (Å²) in [5.74, 6) is 0.766. The van der Waals surface area contributed by atoms with Crippen molar-refractivity contribution in [1.29, 1.82) is 0 Å². The third kappa shape index (κ3) is 1.22. The van der Waals surface area contributed by atoms with E-state index in [1.807, 2.05) is 0 Å². The molecule has 0 aromatic heterocycles. The first-order valence-corrected chi connectivity index (χ1v) is 4.85. The van der Waals surface area contributed by atoms with Gasteiger partial charge in [0.1, 0.15) is 0 Å². The average molecular weight is 211 g/mol. The van der Waals surface area contributed by atoms with E-state index in [0.717, 1.165) is 5.92 Å². The highest BCUT2D eigenvalue weighted by molar-refractivity contribution is 9.10. The van der Waals surface area contributed by atoms with Gasteiger partial charge in [-0.1, -0.05) is 28.9 Å². The second-order valence-electron chi connectivity index (χ2n) is 3.28. The van der Waals surface area contributed by atoms with Crippen LogP contribution in [-0.2, 0) is 6.42 Å². The lowest BCUT2D eigenvalue weighted by molar-refractivity contribution is 0.747. The molecule has 1 aromatic carbocycles. The van der Waals surface area contributed by atoms with Crippen molar-refractivity contribution in [2.75, 3.05) is 0 Å². The molecule has 0 unspecified atom stereocenters. The Morgan fingerprint density at radius 2 is 2.27 bits per heavy atom. The molecule has 0 radical (unpaired) electrons. The zero-order chi connectivity index (χ0) is 7.84. The molecule has 0 nitrogen and oxygen atoms in total. The van der Waals surface area contributed by atoms with Crippen LogP contribution in [0, 0.1) is 0 Å². The summed E-state index contributed by atoms with van der Waals surface area (Å²) in [6.07, 6.45) is 2.59. The zero-order valence-corrected chi connectivity index (χ0v) is 8.19. The normalized spacial score (nSPS) is 21.8. The van der Waals surface area contributed by atoms with Crippen molar-refractivity contribution < 1.29 is 0 Å². The van der Waals surface area contributed by atoms with E-state index in [0.29, 0.717) is 0 Å². The number of benzene rings is 1. The van der Waals surface area contributed by atoms with Crippen LogP contribution in [0.3, 0.4) is 0 Å². The number of hydrogen-bond acceptors (Lipinski definition) is 0. The molecule has 58 valence electrons. The van der Waals surface area contributed by atoms with Crippen molar-refractivity contribution in [3.05, 3.63) is 33.8 Å². The predicted molar refractivity (Wildman–Crippen MR) is 50.9 cm³/mol. The molecule has 1 aliphatic rings. The molecule has 0 aliphatic heterocycles. The van der Waals surface area contributed by atoms with Gasteiger partial charge in [-0.15, -0.1) is 0 Å². The van der Waals surface area contributed by atoms with Crippen LogP contribution in [-0.4, -0.2) is 0 Å². The van der Waals surface area contributed by atoms with Gasteiger partial charge in [-0.05, 0) is 42.0 Å². The van der Waals surface area contributed by atoms with Crippen LogP contribution in [0.2, 0.25) is 0 Å². The summed E-state index contributed by atoms with van der Waals surface area (Å²) in [6, 6.07) is 6.63. The molecule has 2 rings (SSSR count). The minimum absolute atomic E-state index is 0.766. The Bertz CT molecular complexity index is 278. The van der Waals surface area contributed by atoms with E-state index in [4.69, 9.17) is 0 Å². The van der Waals surface area contributed by atoms with Crippen LogP contribution in [0.5, 0.6) is 0 Å². The van der Waals surface area contributed by atoms with Gasteiger partial charge < -0.3 is 0 Å². The number of fused-ring (bicyclic) bond motifs is 1. The van der Waals surface area contributed by atoms with Gasteiger partial charge in [0, 0.05) is 4.47 Å². The monoisotopic (exact) mass is 210 g/mol. The smallest absolute Gasteiger partial charge is 0.0178 e. The number of aryl methyl sites for hydroxylation is 1. The Morgan fingerprint density at radius 3 is 3.09 bits per heavy atom. The van der Waals surface area contributed by atoms with Crippen molar-refractivity contribution in [1.82, 2.24) is 0 Å². The van der Waals surface area contributed by atoms with Gasteiger partial charge in [0.25, 0.3) is 0 Å². The van der Waals surface area contributed by atoms with E-state index in [2.05, 4.69) is 41.1 Å². The van der Waals surface area contributed by atoms with Crippen molar-refractivity contribution in [3.8, 4) is 0 Å². The first-order valence-electron chi connectivity index (χ1n) is 4.05. The van der Waals surface area contributed by atoms with Gasteiger partial charge in [-0.2, -0.15) is 0 Å². The van der Waals surface area contributed by atoms with E-state index < -0.39 is 0 Å². The molecule has 1 heteroatoms. The van der Waals surface area contributed by atoms with Crippen LogP contribution < -0.4 is 0 Å².